The fourth-order valence-corrected chi connectivity index (χ4v) is 2.28. The monoisotopic (exact) mass is 381 g/mol. The van der Waals surface area contributed by atoms with Gasteiger partial charge in [-0.2, -0.15) is 5.10 Å². The van der Waals surface area contributed by atoms with E-state index in [4.69, 9.17) is 4.74 Å². The van der Waals surface area contributed by atoms with Crippen LogP contribution in [-0.2, 0) is 0 Å². The summed E-state index contributed by atoms with van der Waals surface area (Å²) >= 11 is 3.16. The Balaban J connectivity index is 2.34. The summed E-state index contributed by atoms with van der Waals surface area (Å²) in [4.78, 5) is 10.7. The second-order valence-electron chi connectivity index (χ2n) is 4.60. The second-order valence-corrected chi connectivity index (χ2v) is 5.51. The number of nitro benzene ring substituents is 1. The van der Waals surface area contributed by atoms with E-state index in [1.807, 2.05) is 0 Å². The van der Waals surface area contributed by atoms with Crippen LogP contribution in [-0.4, -0.2) is 18.2 Å². The summed E-state index contributed by atoms with van der Waals surface area (Å²) in [5.41, 5.74) is 3.45. The average molecular weight is 382 g/mol. The summed E-state index contributed by atoms with van der Waals surface area (Å²) in [6.07, 6.45) is 1.28. The van der Waals surface area contributed by atoms with Crippen molar-refractivity contribution in [2.45, 2.75) is 6.92 Å². The van der Waals surface area contributed by atoms with Gasteiger partial charge >= 0.3 is 5.69 Å². The van der Waals surface area contributed by atoms with Crippen molar-refractivity contribution in [3.8, 4) is 5.75 Å². The summed E-state index contributed by atoms with van der Waals surface area (Å²) in [5, 5.41) is 15.1. The fraction of sp³-hybridized carbons (Fsp3) is 0.133. The third kappa shape index (κ3) is 3.84. The van der Waals surface area contributed by atoms with Crippen LogP contribution < -0.4 is 10.2 Å². The van der Waals surface area contributed by atoms with Gasteiger partial charge in [-0.3, -0.25) is 15.5 Å². The summed E-state index contributed by atoms with van der Waals surface area (Å²) in [6, 6.07) is 7.65. The van der Waals surface area contributed by atoms with Gasteiger partial charge in [0, 0.05) is 4.47 Å². The lowest BCUT2D eigenvalue weighted by molar-refractivity contribution is -0.385. The Bertz CT molecular complexity index is 781. The first-order valence-electron chi connectivity index (χ1n) is 6.50. The average Bonchev–Trinajstić information content (AvgIpc) is 2.50. The maximum Gasteiger partial charge on any atom is 0.319 e. The molecule has 6 nitrogen and oxygen atoms in total. The first-order valence-corrected chi connectivity index (χ1v) is 7.29. The Kier molecular flexibility index (Phi) is 5.28. The molecule has 0 heterocycles. The number of aryl methyl sites for hydroxylation is 1. The van der Waals surface area contributed by atoms with Crippen molar-refractivity contribution in [3.05, 3.63) is 61.9 Å². The first-order chi connectivity index (χ1) is 10.9. The molecule has 0 spiro atoms. The molecule has 0 atom stereocenters. The molecule has 120 valence electrons. The number of nitrogens with one attached hydrogen (secondary N) is 1. The lowest BCUT2D eigenvalue weighted by atomic mass is 10.1. The quantitative estimate of drug-likeness (QED) is 0.476. The fourth-order valence-electron chi connectivity index (χ4n) is 1.95. The van der Waals surface area contributed by atoms with Crippen LogP contribution in [0.15, 0.2) is 39.9 Å². The van der Waals surface area contributed by atoms with Gasteiger partial charge in [0.2, 0.25) is 0 Å². The molecule has 0 saturated carbocycles. The van der Waals surface area contributed by atoms with Crippen LogP contribution >= 0.6 is 15.9 Å². The number of hydrogen-bond acceptors (Lipinski definition) is 5. The highest BCUT2D eigenvalue weighted by Crippen LogP contribution is 2.31. The number of nitro groups is 1. The van der Waals surface area contributed by atoms with Crippen LogP contribution in [0.2, 0.25) is 0 Å². The molecular weight excluding hydrogens is 369 g/mol. The molecule has 1 N–H and O–H groups in total. The molecule has 0 aromatic heterocycles. The van der Waals surface area contributed by atoms with E-state index in [2.05, 4.69) is 26.5 Å². The van der Waals surface area contributed by atoms with Crippen molar-refractivity contribution in [1.29, 1.82) is 0 Å². The van der Waals surface area contributed by atoms with E-state index in [-0.39, 0.29) is 17.1 Å². The molecular formula is C15H13BrFN3O3. The number of rotatable bonds is 5. The Hall–Kier alpha value is -2.48. The Morgan fingerprint density at radius 2 is 2.13 bits per heavy atom. The number of halogens is 2. The molecule has 2 aromatic carbocycles. The van der Waals surface area contributed by atoms with Gasteiger partial charge in [-0.1, -0.05) is 22.0 Å². The van der Waals surface area contributed by atoms with Crippen LogP contribution in [0.1, 0.15) is 11.1 Å². The number of methoxy groups -OCH3 is 1. The molecule has 0 saturated heterocycles. The number of anilines is 1. The summed E-state index contributed by atoms with van der Waals surface area (Å²) in [6.45, 7) is 1.72. The largest absolute Gasteiger partial charge is 0.490 e. The van der Waals surface area contributed by atoms with Crippen molar-refractivity contribution in [3.63, 3.8) is 0 Å². The molecule has 0 aliphatic rings. The van der Waals surface area contributed by atoms with Crippen molar-refractivity contribution in [2.75, 3.05) is 12.5 Å². The van der Waals surface area contributed by atoms with Crippen LogP contribution in [0.4, 0.5) is 15.8 Å². The zero-order valence-corrected chi connectivity index (χ0v) is 13.9. The SMILES string of the molecule is COc1ccc(C)c(/C=N/Nc2ccc(Br)cc2F)c1[N+](=O)[O-]. The topological polar surface area (TPSA) is 76.8 Å². The van der Waals surface area contributed by atoms with Gasteiger partial charge in [-0.15, -0.1) is 0 Å². The van der Waals surface area contributed by atoms with Gasteiger partial charge in [0.1, 0.15) is 5.82 Å². The van der Waals surface area contributed by atoms with Crippen molar-refractivity contribution in [1.82, 2.24) is 0 Å². The van der Waals surface area contributed by atoms with Crippen LogP contribution in [0, 0.1) is 22.9 Å². The molecule has 8 heteroatoms. The van der Waals surface area contributed by atoms with E-state index < -0.39 is 10.7 Å². The van der Waals surface area contributed by atoms with Crippen LogP contribution in [0.5, 0.6) is 5.75 Å². The lowest BCUT2D eigenvalue weighted by Gasteiger charge is -2.07. The number of hydrogen-bond donors (Lipinski definition) is 1. The van der Waals surface area contributed by atoms with E-state index in [1.54, 1.807) is 19.1 Å². The molecule has 0 fully saturated rings. The third-order valence-corrected chi connectivity index (χ3v) is 3.60. The molecule has 2 rings (SSSR count). The van der Waals surface area contributed by atoms with E-state index in [0.29, 0.717) is 15.6 Å². The third-order valence-electron chi connectivity index (χ3n) is 3.11. The van der Waals surface area contributed by atoms with Gasteiger partial charge in [-0.25, -0.2) is 4.39 Å². The normalized spacial score (nSPS) is 10.8. The molecule has 0 amide bonds. The number of nitrogens with zero attached hydrogens (tertiary/aromatic N) is 2. The Morgan fingerprint density at radius 1 is 1.39 bits per heavy atom. The molecule has 0 radical (unpaired) electrons. The van der Waals surface area contributed by atoms with Crippen molar-refractivity contribution in [2.24, 2.45) is 5.10 Å². The van der Waals surface area contributed by atoms with Gasteiger partial charge in [0.25, 0.3) is 0 Å². The highest BCUT2D eigenvalue weighted by Gasteiger charge is 2.21. The smallest absolute Gasteiger partial charge is 0.319 e. The van der Waals surface area contributed by atoms with Crippen molar-refractivity contribution < 1.29 is 14.1 Å². The van der Waals surface area contributed by atoms with Crippen LogP contribution in [0.3, 0.4) is 0 Å². The maximum atomic E-state index is 13.7. The lowest BCUT2D eigenvalue weighted by Crippen LogP contribution is -2.02. The summed E-state index contributed by atoms with van der Waals surface area (Å²) < 4.78 is 19.3. The Morgan fingerprint density at radius 3 is 2.74 bits per heavy atom. The molecule has 0 unspecified atom stereocenters. The maximum absolute atomic E-state index is 13.7. The van der Waals surface area contributed by atoms with Crippen molar-refractivity contribution >= 4 is 33.5 Å². The van der Waals surface area contributed by atoms with E-state index in [0.717, 1.165) is 0 Å². The van der Waals surface area contributed by atoms with Gasteiger partial charge < -0.3 is 4.74 Å². The highest BCUT2D eigenvalue weighted by molar-refractivity contribution is 9.10. The number of benzene rings is 2. The minimum Gasteiger partial charge on any atom is -0.490 e. The van der Waals surface area contributed by atoms with Crippen LogP contribution in [0.25, 0.3) is 0 Å². The van der Waals surface area contributed by atoms with E-state index in [9.17, 15) is 14.5 Å². The summed E-state index contributed by atoms with van der Waals surface area (Å²) in [5.74, 6) is -0.356. The predicted molar refractivity (Wildman–Crippen MR) is 89.7 cm³/mol. The van der Waals surface area contributed by atoms with Gasteiger partial charge in [0.15, 0.2) is 5.75 Å². The van der Waals surface area contributed by atoms with Gasteiger partial charge in [-0.05, 0) is 36.8 Å². The molecule has 0 bridgehead atoms. The second kappa shape index (κ2) is 7.19. The Labute approximate surface area is 140 Å². The number of ether oxygens (including phenoxy) is 1. The molecule has 0 aliphatic heterocycles. The zero-order chi connectivity index (χ0) is 17.0. The standard InChI is InChI=1S/C15H13BrFN3O3/c1-9-3-6-14(23-2)15(20(21)22)11(9)8-18-19-13-5-4-10(16)7-12(13)17/h3-8,19H,1-2H3/b18-8+. The minimum atomic E-state index is -0.534. The predicted octanol–water partition coefficient (Wildman–Crippen LogP) is 4.26. The van der Waals surface area contributed by atoms with Gasteiger partial charge in [0.05, 0.1) is 29.5 Å². The first kappa shape index (κ1) is 16.9. The van der Waals surface area contributed by atoms with E-state index >= 15 is 0 Å². The molecule has 23 heavy (non-hydrogen) atoms. The minimum absolute atomic E-state index is 0.136. The number of hydrazone groups is 1. The van der Waals surface area contributed by atoms with E-state index in [1.165, 1.54) is 31.5 Å². The molecule has 2 aromatic rings. The zero-order valence-electron chi connectivity index (χ0n) is 12.3. The summed E-state index contributed by atoms with van der Waals surface area (Å²) in [7, 11) is 1.36. The highest BCUT2D eigenvalue weighted by atomic mass is 79.9. The molecule has 0 aliphatic carbocycles.